The molecule has 0 spiro atoms. The van der Waals surface area contributed by atoms with Gasteiger partial charge in [-0.05, 0) is 51.4 Å². The topological polar surface area (TPSA) is 18.5 Å². The summed E-state index contributed by atoms with van der Waals surface area (Å²) < 4.78 is 0. The summed E-state index contributed by atoms with van der Waals surface area (Å²) in [7, 11) is 2.07. The molecule has 1 aromatic rings. The van der Waals surface area contributed by atoms with Crippen LogP contribution in [0.2, 0.25) is 0 Å². The zero-order valence-electron chi connectivity index (χ0n) is 14.3. The third kappa shape index (κ3) is 4.29. The number of nitrogens with zero attached hydrogens (tertiary/aromatic N) is 2. The van der Waals surface area contributed by atoms with Gasteiger partial charge in [-0.2, -0.15) is 0 Å². The van der Waals surface area contributed by atoms with Crippen LogP contribution in [0.25, 0.3) is 0 Å². The normalized spacial score (nSPS) is 19.1. The van der Waals surface area contributed by atoms with Crippen molar-refractivity contribution >= 4 is 0 Å². The molecule has 0 amide bonds. The van der Waals surface area contributed by atoms with Crippen LogP contribution in [0.4, 0.5) is 0 Å². The second-order valence-corrected chi connectivity index (χ2v) is 6.62. The molecule has 3 nitrogen and oxygen atoms in total. The van der Waals surface area contributed by atoms with Gasteiger partial charge in [-0.3, -0.25) is 9.80 Å². The van der Waals surface area contributed by atoms with E-state index < -0.39 is 0 Å². The van der Waals surface area contributed by atoms with Crippen LogP contribution in [-0.2, 0) is 0 Å². The second-order valence-electron chi connectivity index (χ2n) is 6.62. The van der Waals surface area contributed by atoms with Crippen molar-refractivity contribution in [1.29, 1.82) is 0 Å². The molecule has 0 aliphatic carbocycles. The molecular formula is C18H31N3. The summed E-state index contributed by atoms with van der Waals surface area (Å²) >= 11 is 0. The first-order chi connectivity index (χ1) is 10.0. The van der Waals surface area contributed by atoms with Gasteiger partial charge in [0.25, 0.3) is 0 Å². The van der Waals surface area contributed by atoms with Crippen LogP contribution in [0.3, 0.4) is 0 Å². The van der Waals surface area contributed by atoms with Crippen molar-refractivity contribution in [3.63, 3.8) is 0 Å². The van der Waals surface area contributed by atoms with Gasteiger partial charge in [0, 0.05) is 44.8 Å². The Bertz CT molecular complexity index is 448. The van der Waals surface area contributed by atoms with E-state index in [1.807, 2.05) is 0 Å². The Labute approximate surface area is 130 Å². The van der Waals surface area contributed by atoms with Gasteiger partial charge in [-0.1, -0.05) is 18.2 Å². The van der Waals surface area contributed by atoms with Gasteiger partial charge in [0.15, 0.2) is 0 Å². The number of likely N-dealkylation sites (N-methyl/N-ethyl adjacent to an activating group) is 1. The summed E-state index contributed by atoms with van der Waals surface area (Å²) in [5.41, 5.74) is 4.17. The monoisotopic (exact) mass is 289 g/mol. The van der Waals surface area contributed by atoms with Gasteiger partial charge in [-0.25, -0.2) is 0 Å². The highest BCUT2D eigenvalue weighted by Crippen LogP contribution is 2.19. The molecule has 1 N–H and O–H groups in total. The number of hydrogen-bond acceptors (Lipinski definition) is 3. The van der Waals surface area contributed by atoms with Crippen LogP contribution in [-0.4, -0.2) is 55.6 Å². The first-order valence-electron chi connectivity index (χ1n) is 8.22. The van der Waals surface area contributed by atoms with E-state index in [1.54, 1.807) is 0 Å². The lowest BCUT2D eigenvalue weighted by Gasteiger charge is -2.38. The van der Waals surface area contributed by atoms with Gasteiger partial charge in [-0.15, -0.1) is 0 Å². The number of rotatable bonds is 5. The summed E-state index contributed by atoms with van der Waals surface area (Å²) in [5.74, 6) is 0. The van der Waals surface area contributed by atoms with Gasteiger partial charge in [0.1, 0.15) is 0 Å². The predicted octanol–water partition coefficient (Wildman–Crippen LogP) is 2.59. The third-order valence-corrected chi connectivity index (χ3v) is 4.86. The van der Waals surface area contributed by atoms with Crippen molar-refractivity contribution in [2.75, 3.05) is 39.8 Å². The van der Waals surface area contributed by atoms with Gasteiger partial charge < -0.3 is 5.32 Å². The highest BCUT2D eigenvalue weighted by atomic mass is 15.3. The van der Waals surface area contributed by atoms with Crippen molar-refractivity contribution < 1.29 is 0 Å². The van der Waals surface area contributed by atoms with Crippen molar-refractivity contribution in [3.8, 4) is 0 Å². The highest BCUT2D eigenvalue weighted by molar-refractivity contribution is 5.31. The van der Waals surface area contributed by atoms with Gasteiger partial charge in [0.05, 0.1) is 0 Å². The Morgan fingerprint density at radius 3 is 2.24 bits per heavy atom. The molecule has 1 aliphatic heterocycles. The average molecular weight is 289 g/mol. The van der Waals surface area contributed by atoms with Crippen LogP contribution in [0.15, 0.2) is 18.2 Å². The average Bonchev–Trinajstić information content (AvgIpc) is 2.48. The molecule has 0 radical (unpaired) electrons. The van der Waals surface area contributed by atoms with E-state index in [4.69, 9.17) is 0 Å². The molecule has 0 saturated carbocycles. The summed E-state index contributed by atoms with van der Waals surface area (Å²) in [5, 5.41) is 3.49. The molecule has 118 valence electrons. The Kier molecular flexibility index (Phi) is 5.80. The quantitative estimate of drug-likeness (QED) is 0.899. The smallest absolute Gasteiger partial charge is 0.0446 e. The highest BCUT2D eigenvalue weighted by Gasteiger charge is 2.21. The van der Waals surface area contributed by atoms with Crippen molar-refractivity contribution in [2.45, 2.75) is 39.8 Å². The summed E-state index contributed by atoms with van der Waals surface area (Å²) in [6, 6.07) is 7.95. The second kappa shape index (κ2) is 7.39. The SMILES string of the molecule is CNC(CN1CCN(C(C)C)CC1)c1ccc(C)c(C)c1. The maximum Gasteiger partial charge on any atom is 0.0446 e. The number of aryl methyl sites for hydroxylation is 2. The first kappa shape index (κ1) is 16.5. The number of nitrogens with one attached hydrogen (secondary N) is 1. The van der Waals surface area contributed by atoms with Crippen LogP contribution in [0.5, 0.6) is 0 Å². The van der Waals surface area contributed by atoms with E-state index >= 15 is 0 Å². The molecule has 1 aliphatic rings. The molecule has 3 heteroatoms. The van der Waals surface area contributed by atoms with E-state index in [9.17, 15) is 0 Å². The molecule has 0 aromatic heterocycles. The van der Waals surface area contributed by atoms with Crippen molar-refractivity contribution in [2.24, 2.45) is 0 Å². The maximum atomic E-state index is 3.49. The van der Waals surface area contributed by atoms with E-state index in [0.717, 1.165) is 6.54 Å². The molecule has 1 atom stereocenters. The Morgan fingerprint density at radius 1 is 1.05 bits per heavy atom. The van der Waals surface area contributed by atoms with Crippen LogP contribution < -0.4 is 5.32 Å². The number of benzene rings is 1. The van der Waals surface area contributed by atoms with E-state index in [-0.39, 0.29) is 0 Å². The van der Waals surface area contributed by atoms with E-state index in [0.29, 0.717) is 12.1 Å². The zero-order valence-corrected chi connectivity index (χ0v) is 14.3. The molecule has 1 unspecified atom stereocenters. The van der Waals surface area contributed by atoms with Gasteiger partial charge >= 0.3 is 0 Å². The fourth-order valence-corrected chi connectivity index (χ4v) is 3.07. The van der Waals surface area contributed by atoms with E-state index in [1.165, 1.54) is 42.9 Å². The largest absolute Gasteiger partial charge is 0.312 e. The lowest BCUT2D eigenvalue weighted by molar-refractivity contribution is 0.102. The minimum Gasteiger partial charge on any atom is -0.312 e. The number of hydrogen-bond donors (Lipinski definition) is 1. The van der Waals surface area contributed by atoms with Gasteiger partial charge in [0.2, 0.25) is 0 Å². The Morgan fingerprint density at radius 2 is 1.71 bits per heavy atom. The zero-order chi connectivity index (χ0) is 15.4. The molecule has 0 bridgehead atoms. The van der Waals surface area contributed by atoms with Crippen LogP contribution in [0.1, 0.15) is 36.6 Å². The van der Waals surface area contributed by atoms with Crippen molar-refractivity contribution in [1.82, 2.24) is 15.1 Å². The molecule has 2 rings (SSSR count). The number of piperazine rings is 1. The fourth-order valence-electron chi connectivity index (χ4n) is 3.07. The predicted molar refractivity (Wildman–Crippen MR) is 90.9 cm³/mol. The molecule has 1 saturated heterocycles. The standard InChI is InChI=1S/C18H31N3/c1-14(2)21-10-8-20(9-11-21)13-18(19-5)17-7-6-15(3)16(4)12-17/h6-7,12,14,18-19H,8-11,13H2,1-5H3. The molecule has 1 fully saturated rings. The fraction of sp³-hybridized carbons (Fsp3) is 0.667. The minimum absolute atomic E-state index is 0.426. The van der Waals surface area contributed by atoms with Crippen LogP contribution >= 0.6 is 0 Å². The Balaban J connectivity index is 1.95. The molecular weight excluding hydrogens is 258 g/mol. The lowest BCUT2D eigenvalue weighted by atomic mass is 10.0. The summed E-state index contributed by atoms with van der Waals surface area (Å²) in [4.78, 5) is 5.16. The maximum absolute atomic E-state index is 3.49. The molecule has 1 heterocycles. The third-order valence-electron chi connectivity index (χ3n) is 4.86. The lowest BCUT2D eigenvalue weighted by Crippen LogP contribution is -2.50. The van der Waals surface area contributed by atoms with Crippen molar-refractivity contribution in [3.05, 3.63) is 34.9 Å². The Hall–Kier alpha value is -0.900. The first-order valence-corrected chi connectivity index (χ1v) is 8.22. The minimum atomic E-state index is 0.426. The van der Waals surface area contributed by atoms with Crippen LogP contribution in [0, 0.1) is 13.8 Å². The summed E-state index contributed by atoms with van der Waals surface area (Å²) in [6.45, 7) is 14.8. The van der Waals surface area contributed by atoms with E-state index in [2.05, 4.69) is 68.1 Å². The molecule has 1 aromatic carbocycles. The molecule has 21 heavy (non-hydrogen) atoms. The summed E-state index contributed by atoms with van der Waals surface area (Å²) in [6.07, 6.45) is 0.